The summed E-state index contributed by atoms with van der Waals surface area (Å²) in [4.78, 5) is 58.0. The molecule has 1 N–H and O–H groups in total. The quantitative estimate of drug-likeness (QED) is 0.157. The number of nitrogens with zero attached hydrogens (tertiary/aromatic N) is 5. The van der Waals surface area contributed by atoms with Crippen LogP contribution in [-0.4, -0.2) is 88.8 Å². The minimum Gasteiger partial charge on any atom is -0.492 e. The fourth-order valence-corrected chi connectivity index (χ4v) is 8.77. The first-order valence-corrected chi connectivity index (χ1v) is 20.3. The number of rotatable bonds is 13. The highest BCUT2D eigenvalue weighted by Gasteiger charge is 2.51. The minimum atomic E-state index is -4.79. The number of benzene rings is 3. The number of piperidine rings is 1. The molecular weight excluding hydrogens is 782 g/mol. The Hall–Kier alpha value is -5.17. The first-order chi connectivity index (χ1) is 27.9. The van der Waals surface area contributed by atoms with Gasteiger partial charge in [0.25, 0.3) is 5.91 Å². The molecule has 11 nitrogen and oxygen atoms in total. The van der Waals surface area contributed by atoms with Gasteiger partial charge in [0.1, 0.15) is 17.9 Å². The molecule has 0 aliphatic carbocycles. The summed E-state index contributed by atoms with van der Waals surface area (Å²) in [7, 11) is 0. The summed E-state index contributed by atoms with van der Waals surface area (Å²) in [5.74, 6) is -0.426. The van der Waals surface area contributed by atoms with Crippen molar-refractivity contribution in [2.24, 2.45) is 5.92 Å². The zero-order valence-electron chi connectivity index (χ0n) is 33.9. The van der Waals surface area contributed by atoms with Crippen molar-refractivity contribution in [3.8, 4) is 11.8 Å². The maximum absolute atomic E-state index is 13.8. The van der Waals surface area contributed by atoms with Gasteiger partial charge in [-0.05, 0) is 112 Å². The molecule has 3 fully saturated rings. The van der Waals surface area contributed by atoms with Crippen LogP contribution in [0.5, 0.6) is 5.75 Å². The number of hydrogen-bond donors (Lipinski definition) is 1. The van der Waals surface area contributed by atoms with Crippen LogP contribution in [0.25, 0.3) is 0 Å². The zero-order valence-corrected chi connectivity index (χ0v) is 34.7. The van der Waals surface area contributed by atoms with Gasteiger partial charge in [-0.15, -0.1) is 0 Å². The number of imide groups is 1. The number of alkyl halides is 3. The molecular formula is C44H49F3N6O5S. The van der Waals surface area contributed by atoms with Crippen LogP contribution >= 0.6 is 12.2 Å². The minimum absolute atomic E-state index is 0.0220. The number of ether oxygens (including phenoxy) is 1. The molecule has 312 valence electrons. The second-order valence-corrected chi connectivity index (χ2v) is 16.5. The predicted octanol–water partition coefficient (Wildman–Crippen LogP) is 6.24. The number of piperazine rings is 1. The van der Waals surface area contributed by atoms with Crippen LogP contribution in [0.15, 0.2) is 60.7 Å². The third-order valence-electron chi connectivity index (χ3n) is 11.5. The Morgan fingerprint density at radius 3 is 2.37 bits per heavy atom. The van der Waals surface area contributed by atoms with E-state index in [4.69, 9.17) is 17.0 Å². The van der Waals surface area contributed by atoms with Gasteiger partial charge in [0.05, 0.1) is 29.4 Å². The molecule has 3 heterocycles. The molecule has 3 aromatic rings. The SMILES string of the molecule is CCc1cc(N2C(=S)N(c3ccc(C#N)c(C(F)(F)F)c3)C(=O)C2(C)C)ccc1OCCN1C[C@@H](C)N(CC(=O)Cc2cccc(CC3CCC(=O)NC3=O)c2)C[C@H]1C. The largest absolute Gasteiger partial charge is 0.492 e. The van der Waals surface area contributed by atoms with Crippen molar-refractivity contribution in [1.82, 2.24) is 15.1 Å². The fraction of sp³-hybridized carbons (Fsp3) is 0.455. The number of amides is 3. The van der Waals surface area contributed by atoms with E-state index in [2.05, 4.69) is 29.0 Å². The van der Waals surface area contributed by atoms with Crippen molar-refractivity contribution >= 4 is 52.2 Å². The molecule has 0 radical (unpaired) electrons. The van der Waals surface area contributed by atoms with Crippen molar-refractivity contribution in [1.29, 1.82) is 5.26 Å². The van der Waals surface area contributed by atoms with Crippen LogP contribution in [0.3, 0.4) is 0 Å². The van der Waals surface area contributed by atoms with E-state index < -0.39 is 28.7 Å². The maximum atomic E-state index is 13.8. The smallest absolute Gasteiger partial charge is 0.417 e. The van der Waals surface area contributed by atoms with Gasteiger partial charge in [-0.1, -0.05) is 31.2 Å². The molecule has 0 saturated carbocycles. The van der Waals surface area contributed by atoms with E-state index in [9.17, 15) is 37.6 Å². The normalized spacial score (nSPS) is 21.4. The lowest BCUT2D eigenvalue weighted by molar-refractivity contribution is -0.138. The van der Waals surface area contributed by atoms with E-state index in [1.165, 1.54) is 6.07 Å². The van der Waals surface area contributed by atoms with Crippen LogP contribution in [0.2, 0.25) is 0 Å². The average Bonchev–Trinajstić information content (AvgIpc) is 3.35. The van der Waals surface area contributed by atoms with Crippen LogP contribution in [0.1, 0.15) is 75.3 Å². The number of thiocarbonyl (C=S) groups is 1. The molecule has 1 unspecified atom stereocenters. The number of halogens is 3. The number of carbonyl (C=O) groups excluding carboxylic acids is 4. The zero-order chi connectivity index (χ0) is 42.8. The molecule has 0 spiro atoms. The first kappa shape index (κ1) is 43.4. The predicted molar refractivity (Wildman–Crippen MR) is 221 cm³/mol. The molecule has 0 bridgehead atoms. The lowest BCUT2D eigenvalue weighted by Crippen LogP contribution is -2.58. The second kappa shape index (κ2) is 17.6. The van der Waals surface area contributed by atoms with Crippen LogP contribution in [-0.2, 0) is 44.6 Å². The van der Waals surface area contributed by atoms with Crippen LogP contribution in [0, 0.1) is 17.2 Å². The van der Waals surface area contributed by atoms with E-state index in [0.717, 1.165) is 46.8 Å². The molecule has 3 aromatic carbocycles. The number of aryl methyl sites for hydroxylation is 1. The topological polar surface area (TPSA) is 126 Å². The summed E-state index contributed by atoms with van der Waals surface area (Å²) in [6.07, 6.45) is -2.49. The number of hydrogen-bond acceptors (Lipinski definition) is 9. The van der Waals surface area contributed by atoms with Crippen molar-refractivity contribution in [2.45, 2.75) is 90.5 Å². The number of anilines is 2. The molecule has 3 amide bonds. The second-order valence-electron chi connectivity index (χ2n) is 16.2. The molecule has 0 aromatic heterocycles. The molecule has 59 heavy (non-hydrogen) atoms. The van der Waals surface area contributed by atoms with E-state index >= 15 is 0 Å². The Morgan fingerprint density at radius 2 is 1.68 bits per heavy atom. The van der Waals surface area contributed by atoms with Gasteiger partial charge < -0.3 is 9.64 Å². The number of nitrogens with one attached hydrogen (secondary N) is 1. The van der Waals surface area contributed by atoms with Crippen molar-refractivity contribution < 1.29 is 37.1 Å². The summed E-state index contributed by atoms with van der Waals surface area (Å²) in [6, 6.07) is 18.3. The molecule has 3 saturated heterocycles. The van der Waals surface area contributed by atoms with E-state index in [0.29, 0.717) is 63.2 Å². The first-order valence-electron chi connectivity index (χ1n) is 19.9. The maximum Gasteiger partial charge on any atom is 0.417 e. The highest BCUT2D eigenvalue weighted by atomic mass is 32.1. The van der Waals surface area contributed by atoms with E-state index in [-0.39, 0.29) is 46.4 Å². The summed E-state index contributed by atoms with van der Waals surface area (Å²) in [5.41, 5.74) is 0.373. The van der Waals surface area contributed by atoms with Gasteiger partial charge >= 0.3 is 6.18 Å². The van der Waals surface area contributed by atoms with Gasteiger partial charge in [0.15, 0.2) is 10.9 Å². The van der Waals surface area contributed by atoms with Gasteiger partial charge in [0.2, 0.25) is 11.8 Å². The Kier molecular flexibility index (Phi) is 12.9. The van der Waals surface area contributed by atoms with Crippen molar-refractivity contribution in [3.05, 3.63) is 88.5 Å². The average molecular weight is 831 g/mol. The number of carbonyl (C=O) groups is 4. The van der Waals surface area contributed by atoms with Gasteiger partial charge in [0, 0.05) is 56.2 Å². The standard InChI is InChI=1S/C44H49F3N6O5S/c1-6-31-21-35(53-42(59)52(41(57)43(53,4)5)34-12-10-33(23-48)37(22-34)44(45,46)47)13-14-38(31)58-17-16-50-24-28(3)51(25-27(50)2)26-36(54)20-30-9-7-8-29(18-30)19-32-11-15-39(55)49-40(32)56/h7-10,12-14,18,21-22,27-28,32H,6,11,15-17,19-20,24-26H2,1-5H3,(H,49,55,56)/t27-,28-,32?/m1/s1. The van der Waals surface area contributed by atoms with Crippen molar-refractivity contribution in [2.75, 3.05) is 42.6 Å². The molecule has 3 atom stereocenters. The Labute approximate surface area is 348 Å². The lowest BCUT2D eigenvalue weighted by Gasteiger charge is -2.43. The number of Topliss-reactive ketones (excluding diaryl/α,β-unsaturated/α-hetero) is 1. The lowest BCUT2D eigenvalue weighted by atomic mass is 9.90. The summed E-state index contributed by atoms with van der Waals surface area (Å²) in [6.45, 7) is 12.5. The number of nitriles is 1. The fourth-order valence-electron chi connectivity index (χ4n) is 8.25. The summed E-state index contributed by atoms with van der Waals surface area (Å²) in [5, 5.41) is 11.7. The Morgan fingerprint density at radius 1 is 0.983 bits per heavy atom. The van der Waals surface area contributed by atoms with Crippen LogP contribution < -0.4 is 19.9 Å². The summed E-state index contributed by atoms with van der Waals surface area (Å²) < 4.78 is 47.7. The third kappa shape index (κ3) is 9.51. The molecule has 3 aliphatic rings. The third-order valence-corrected chi connectivity index (χ3v) is 11.9. The van der Waals surface area contributed by atoms with E-state index in [1.54, 1.807) is 30.9 Å². The summed E-state index contributed by atoms with van der Waals surface area (Å²) >= 11 is 5.73. The molecule has 3 aliphatic heterocycles. The highest BCUT2D eigenvalue weighted by Crippen LogP contribution is 2.40. The monoisotopic (exact) mass is 830 g/mol. The van der Waals surface area contributed by atoms with E-state index in [1.807, 2.05) is 43.3 Å². The molecule has 15 heteroatoms. The highest BCUT2D eigenvalue weighted by molar-refractivity contribution is 7.81. The van der Waals surface area contributed by atoms with Crippen LogP contribution in [0.4, 0.5) is 24.5 Å². The van der Waals surface area contributed by atoms with Crippen molar-refractivity contribution in [3.63, 3.8) is 0 Å². The van der Waals surface area contributed by atoms with Gasteiger partial charge in [-0.25, -0.2) is 0 Å². The van der Waals surface area contributed by atoms with Gasteiger partial charge in [-0.2, -0.15) is 18.4 Å². The Balaban J connectivity index is 1.03. The molecule has 6 rings (SSSR count). The Bertz CT molecular complexity index is 2190. The van der Waals surface area contributed by atoms with Gasteiger partial charge in [-0.3, -0.25) is 39.2 Å². The number of ketones is 1.